The molecule has 11 nitrogen and oxygen atoms in total. The van der Waals surface area contributed by atoms with Crippen LogP contribution in [0.2, 0.25) is 0 Å². The number of fused-ring (bicyclic) bond motifs is 9. The highest BCUT2D eigenvalue weighted by Crippen LogP contribution is 2.63. The molecular formula is C28H28N4O7S. The molecule has 0 radical (unpaired) electrons. The minimum atomic E-state index is -0.700. The number of carbonyl (C=O) groups is 2. The molecule has 2 aromatic carbocycles. The van der Waals surface area contributed by atoms with Crippen molar-refractivity contribution in [3.8, 4) is 34.8 Å². The van der Waals surface area contributed by atoms with E-state index in [0.29, 0.717) is 45.7 Å². The van der Waals surface area contributed by atoms with Crippen LogP contribution < -0.4 is 14.8 Å². The van der Waals surface area contributed by atoms with E-state index >= 15 is 0 Å². The van der Waals surface area contributed by atoms with Gasteiger partial charge in [0.2, 0.25) is 12.6 Å². The minimum absolute atomic E-state index is 0.00306. The van der Waals surface area contributed by atoms with Crippen LogP contribution in [0.3, 0.4) is 0 Å². The maximum absolute atomic E-state index is 12.8. The quantitative estimate of drug-likeness (QED) is 0.274. The molecule has 0 saturated carbocycles. The first kappa shape index (κ1) is 25.3. The van der Waals surface area contributed by atoms with E-state index < -0.39 is 41.1 Å². The van der Waals surface area contributed by atoms with Crippen molar-refractivity contribution in [1.82, 2.24) is 15.1 Å². The van der Waals surface area contributed by atoms with Gasteiger partial charge in [-0.3, -0.25) is 19.4 Å². The lowest BCUT2D eigenvalue weighted by Gasteiger charge is -2.61. The van der Waals surface area contributed by atoms with Gasteiger partial charge in [0.05, 0.1) is 29.2 Å². The van der Waals surface area contributed by atoms with E-state index in [1.807, 2.05) is 13.1 Å². The van der Waals surface area contributed by atoms with Crippen LogP contribution in [0.1, 0.15) is 50.7 Å². The lowest BCUT2D eigenvalue weighted by atomic mass is 9.71. The number of carbonyl (C=O) groups excluding carboxylic acids is 2. The smallest absolute Gasteiger partial charge is 0.288 e. The van der Waals surface area contributed by atoms with Gasteiger partial charge in [0.15, 0.2) is 23.0 Å². The zero-order valence-electron chi connectivity index (χ0n) is 22.1. The molecule has 5 aliphatic rings. The van der Waals surface area contributed by atoms with Crippen LogP contribution >= 0.6 is 11.8 Å². The van der Waals surface area contributed by atoms with E-state index in [0.717, 1.165) is 5.56 Å². The third-order valence-electron chi connectivity index (χ3n) is 9.25. The fourth-order valence-electron chi connectivity index (χ4n) is 7.48. The van der Waals surface area contributed by atoms with Crippen molar-refractivity contribution in [1.29, 1.82) is 5.26 Å². The van der Waals surface area contributed by atoms with Crippen molar-refractivity contribution < 1.29 is 34.4 Å². The third kappa shape index (κ3) is 3.14. The molecule has 4 N–H and O–H groups in total. The number of aromatic hydroxyl groups is 3. The number of benzene rings is 2. The number of piperazine rings is 1. The summed E-state index contributed by atoms with van der Waals surface area (Å²) in [6, 6.07) is 1.84. The summed E-state index contributed by atoms with van der Waals surface area (Å²) in [5.74, 6) is -0.905. The molecule has 0 spiro atoms. The summed E-state index contributed by atoms with van der Waals surface area (Å²) >= 11 is 1.22. The number of thioether (sulfide) groups is 1. The topological polar surface area (TPSA) is 156 Å². The molecule has 3 unspecified atom stereocenters. The number of nitrogens with zero attached hydrogens (tertiary/aromatic N) is 3. The van der Waals surface area contributed by atoms with Gasteiger partial charge in [0.1, 0.15) is 11.8 Å². The molecule has 4 bridgehead atoms. The molecule has 0 aromatic heterocycles. The monoisotopic (exact) mass is 564 g/mol. The maximum atomic E-state index is 12.8. The van der Waals surface area contributed by atoms with Crippen molar-refractivity contribution in [3.63, 3.8) is 0 Å². The van der Waals surface area contributed by atoms with E-state index in [2.05, 4.69) is 21.2 Å². The highest BCUT2D eigenvalue weighted by Gasteiger charge is 2.60. The molecule has 6 atom stereocenters. The molecule has 5 heterocycles. The normalized spacial score (nSPS) is 30.6. The van der Waals surface area contributed by atoms with Crippen molar-refractivity contribution in [3.05, 3.63) is 39.4 Å². The molecule has 2 saturated heterocycles. The van der Waals surface area contributed by atoms with E-state index in [-0.39, 0.29) is 42.4 Å². The number of ketones is 1. The molecule has 5 aliphatic heterocycles. The number of likely N-dealkylation sites (N-methyl/N-ethyl adjacent to an activating group) is 1. The number of Topliss-reactive ketones (excluding diaryl/α,β-unsaturated/α-hetero) is 1. The Morgan fingerprint density at radius 3 is 2.58 bits per heavy atom. The van der Waals surface area contributed by atoms with Gasteiger partial charge >= 0.3 is 0 Å². The van der Waals surface area contributed by atoms with E-state index in [1.54, 1.807) is 13.8 Å². The van der Waals surface area contributed by atoms with Crippen LogP contribution in [0.25, 0.3) is 0 Å². The highest BCUT2D eigenvalue weighted by atomic mass is 32.2. The summed E-state index contributed by atoms with van der Waals surface area (Å²) < 4.78 is 11.7. The molecule has 7 rings (SSSR count). The molecule has 208 valence electrons. The fraction of sp³-hybridized carbons (Fsp3) is 0.464. The van der Waals surface area contributed by atoms with Crippen LogP contribution in [0.15, 0.2) is 6.07 Å². The third-order valence-corrected chi connectivity index (χ3v) is 10.6. The highest BCUT2D eigenvalue weighted by molar-refractivity contribution is 8.00. The van der Waals surface area contributed by atoms with Gasteiger partial charge in [-0.25, -0.2) is 0 Å². The Morgan fingerprint density at radius 1 is 1.07 bits per heavy atom. The Balaban J connectivity index is 1.55. The number of rotatable bonds is 0. The molecule has 0 aliphatic carbocycles. The summed E-state index contributed by atoms with van der Waals surface area (Å²) in [5.41, 5.74) is 3.70. The van der Waals surface area contributed by atoms with Crippen molar-refractivity contribution in [2.24, 2.45) is 0 Å². The second-order valence-corrected chi connectivity index (χ2v) is 12.2. The second kappa shape index (κ2) is 8.67. The van der Waals surface area contributed by atoms with E-state index in [1.165, 1.54) is 11.8 Å². The fourth-order valence-corrected chi connectivity index (χ4v) is 8.84. The van der Waals surface area contributed by atoms with E-state index in [9.17, 15) is 30.2 Å². The van der Waals surface area contributed by atoms with Gasteiger partial charge < -0.3 is 30.1 Å². The lowest BCUT2D eigenvalue weighted by molar-refractivity contribution is -0.137. The van der Waals surface area contributed by atoms with Gasteiger partial charge in [-0.15, -0.1) is 11.8 Å². The molecule has 1 amide bonds. The van der Waals surface area contributed by atoms with Crippen molar-refractivity contribution in [2.75, 3.05) is 26.1 Å². The predicted octanol–water partition coefficient (Wildman–Crippen LogP) is 1.85. The number of amides is 1. The number of nitrogens with one attached hydrogen (secondary N) is 1. The van der Waals surface area contributed by atoms with Gasteiger partial charge in [-0.2, -0.15) is 5.26 Å². The zero-order valence-corrected chi connectivity index (χ0v) is 22.9. The number of phenols is 3. The summed E-state index contributed by atoms with van der Waals surface area (Å²) in [6.45, 7) is 3.45. The average molecular weight is 565 g/mol. The Kier molecular flexibility index (Phi) is 5.49. The van der Waals surface area contributed by atoms with Crippen LogP contribution in [0, 0.1) is 25.2 Å². The number of aryl methyl sites for hydroxylation is 1. The van der Waals surface area contributed by atoms with Gasteiger partial charge in [-0.05, 0) is 38.4 Å². The number of hydrogen-bond acceptors (Lipinski definition) is 11. The first-order valence-electron chi connectivity index (χ1n) is 13.2. The zero-order chi connectivity index (χ0) is 28.2. The van der Waals surface area contributed by atoms with Gasteiger partial charge in [-0.1, -0.05) is 6.07 Å². The minimum Gasteiger partial charge on any atom is -0.507 e. The first-order valence-corrected chi connectivity index (χ1v) is 14.2. The van der Waals surface area contributed by atoms with Crippen LogP contribution in [0.5, 0.6) is 28.7 Å². The number of nitriles is 1. The second-order valence-electron chi connectivity index (χ2n) is 11.1. The number of phenolic OH excluding ortho intramolecular Hbond substituents is 3. The summed E-state index contributed by atoms with van der Waals surface area (Å²) in [5, 5.41) is 46.5. The Morgan fingerprint density at radius 2 is 1.82 bits per heavy atom. The van der Waals surface area contributed by atoms with Gasteiger partial charge in [0.25, 0.3) is 5.91 Å². The Labute approximate surface area is 234 Å². The number of hydrogen-bond donors (Lipinski definition) is 4. The average Bonchev–Trinajstić information content (AvgIpc) is 3.42. The largest absolute Gasteiger partial charge is 0.507 e. The van der Waals surface area contributed by atoms with Crippen molar-refractivity contribution >= 4 is 23.5 Å². The molecule has 2 fully saturated rings. The van der Waals surface area contributed by atoms with Crippen LogP contribution in [0.4, 0.5) is 0 Å². The standard InChI is InChI=1S/C28H28N4O7S/c1-10-4-12-5-13-14(6-29)32-15-7-30-28(37)16(33)8-40-27(21(32)20(31(13)3)17(12)24(36)22(10)34)19-18(15)26-25(38-9-39-26)11(2)23(19)35/h4,13-15,20-21,27,34-36H,5,7-9H2,1-3H3,(H,30,37)/t13?,14-,15-,20?,21?,27+/m0/s1. The molecule has 40 heavy (non-hydrogen) atoms. The first-order chi connectivity index (χ1) is 19.1. The predicted molar refractivity (Wildman–Crippen MR) is 142 cm³/mol. The Bertz CT molecular complexity index is 1550. The van der Waals surface area contributed by atoms with E-state index in [4.69, 9.17) is 9.47 Å². The van der Waals surface area contributed by atoms with Crippen molar-refractivity contribution in [2.45, 2.75) is 55.7 Å². The summed E-state index contributed by atoms with van der Waals surface area (Å²) in [7, 11) is 1.91. The number of ether oxygens (including phenoxy) is 2. The maximum Gasteiger partial charge on any atom is 0.288 e. The van der Waals surface area contributed by atoms with Crippen LogP contribution in [-0.4, -0.2) is 81.1 Å². The summed E-state index contributed by atoms with van der Waals surface area (Å²) in [6.07, 6.45) is 0.470. The van der Waals surface area contributed by atoms with Gasteiger partial charge in [0, 0.05) is 40.9 Å². The van der Waals surface area contributed by atoms with Crippen LogP contribution in [-0.2, 0) is 16.0 Å². The lowest BCUT2D eigenvalue weighted by Crippen LogP contribution is -2.69. The molecule has 12 heteroatoms. The molecule has 2 aromatic rings. The Hall–Kier alpha value is -3.66. The SMILES string of the molecule is Cc1cc2c(c(O)c1O)C1C3[C@@H]4SCC(=O)C(=O)NC[C@@H](c5c6c(c(C)c(O)c54)OCO6)N3[C@@H](C#N)C(C2)N1C. The summed E-state index contributed by atoms with van der Waals surface area (Å²) in [4.78, 5) is 29.6. The molecular weight excluding hydrogens is 536 g/mol.